The fraction of sp³-hybridized carbons (Fsp3) is 0.222. The van der Waals surface area contributed by atoms with E-state index in [1.54, 1.807) is 33.1 Å². The van der Waals surface area contributed by atoms with Crippen LogP contribution in [-0.4, -0.2) is 32.0 Å². The average molecular weight is 505 g/mol. The van der Waals surface area contributed by atoms with Crippen molar-refractivity contribution in [3.8, 4) is 10.6 Å². The Kier molecular flexibility index (Phi) is 6.21. The molecular weight excluding hydrogens is 480 g/mol. The van der Waals surface area contributed by atoms with Gasteiger partial charge in [0.25, 0.3) is 5.91 Å². The van der Waals surface area contributed by atoms with Crippen molar-refractivity contribution in [3.05, 3.63) is 99.5 Å². The fourth-order valence-corrected chi connectivity index (χ4v) is 5.17. The molecule has 8 heteroatoms. The predicted molar refractivity (Wildman–Crippen MR) is 138 cm³/mol. The Morgan fingerprint density at radius 3 is 2.63 bits per heavy atom. The maximum absolute atomic E-state index is 13.8. The standard InChI is InChI=1S/C27H25ClN4O2S/c1-18-6-3-4-7-20(18)16-31-25(33)23-14-22(24-8-5-13-35-24)30-32(23)17-27(31,2)26(34)29-15-19-9-11-21(28)12-10-19/h3-14H,15-17H2,1-2H3,(H,29,34). The Morgan fingerprint density at radius 2 is 1.91 bits per heavy atom. The van der Waals surface area contributed by atoms with E-state index in [2.05, 4.69) is 5.32 Å². The van der Waals surface area contributed by atoms with Gasteiger partial charge in [0.05, 0.1) is 11.4 Å². The molecule has 0 radical (unpaired) electrons. The third-order valence-electron chi connectivity index (χ3n) is 6.52. The second kappa shape index (κ2) is 9.32. The average Bonchev–Trinajstić information content (AvgIpc) is 3.52. The first-order chi connectivity index (χ1) is 16.8. The number of hydrogen-bond donors (Lipinski definition) is 1. The fourth-order valence-electron chi connectivity index (χ4n) is 4.37. The zero-order chi connectivity index (χ0) is 24.6. The number of aromatic nitrogens is 2. The Balaban J connectivity index is 1.49. The molecule has 1 atom stereocenters. The number of rotatable bonds is 6. The number of fused-ring (bicyclic) bond motifs is 1. The molecule has 0 spiro atoms. The van der Waals surface area contributed by atoms with E-state index in [9.17, 15) is 9.59 Å². The van der Waals surface area contributed by atoms with Crippen LogP contribution in [0.2, 0.25) is 5.02 Å². The van der Waals surface area contributed by atoms with Gasteiger partial charge in [-0.25, -0.2) is 0 Å². The largest absolute Gasteiger partial charge is 0.350 e. The Morgan fingerprint density at radius 1 is 1.14 bits per heavy atom. The van der Waals surface area contributed by atoms with Crippen LogP contribution in [0, 0.1) is 6.92 Å². The van der Waals surface area contributed by atoms with Gasteiger partial charge in [-0.3, -0.25) is 14.3 Å². The highest BCUT2D eigenvalue weighted by molar-refractivity contribution is 7.13. The third-order valence-corrected chi connectivity index (χ3v) is 7.66. The summed E-state index contributed by atoms with van der Waals surface area (Å²) in [4.78, 5) is 30.2. The zero-order valence-corrected chi connectivity index (χ0v) is 21.1. The second-order valence-corrected chi connectivity index (χ2v) is 10.3. The summed E-state index contributed by atoms with van der Waals surface area (Å²) in [6, 6.07) is 21.0. The van der Waals surface area contributed by atoms with E-state index in [1.165, 1.54) is 0 Å². The van der Waals surface area contributed by atoms with Crippen molar-refractivity contribution in [1.29, 1.82) is 0 Å². The molecule has 1 aliphatic heterocycles. The number of aryl methyl sites for hydroxylation is 1. The monoisotopic (exact) mass is 504 g/mol. The summed E-state index contributed by atoms with van der Waals surface area (Å²) in [7, 11) is 0. The number of nitrogens with one attached hydrogen (secondary N) is 1. The highest BCUT2D eigenvalue weighted by atomic mass is 35.5. The summed E-state index contributed by atoms with van der Waals surface area (Å²) in [5, 5.41) is 10.3. The maximum Gasteiger partial charge on any atom is 0.273 e. The Bertz CT molecular complexity index is 1380. The number of hydrogen-bond acceptors (Lipinski definition) is 4. The van der Waals surface area contributed by atoms with Crippen LogP contribution >= 0.6 is 22.9 Å². The lowest BCUT2D eigenvalue weighted by Crippen LogP contribution is -2.63. The van der Waals surface area contributed by atoms with Gasteiger partial charge in [-0.2, -0.15) is 5.10 Å². The van der Waals surface area contributed by atoms with Crippen LogP contribution in [0.4, 0.5) is 0 Å². The van der Waals surface area contributed by atoms with E-state index >= 15 is 0 Å². The zero-order valence-electron chi connectivity index (χ0n) is 19.5. The van der Waals surface area contributed by atoms with Crippen molar-refractivity contribution >= 4 is 34.8 Å². The number of carbonyl (C=O) groups excluding carboxylic acids is 2. The van der Waals surface area contributed by atoms with Crippen molar-refractivity contribution < 1.29 is 9.59 Å². The van der Waals surface area contributed by atoms with Gasteiger partial charge < -0.3 is 10.2 Å². The summed E-state index contributed by atoms with van der Waals surface area (Å²) in [5.41, 5.74) is 3.11. The van der Waals surface area contributed by atoms with Crippen molar-refractivity contribution in [1.82, 2.24) is 20.0 Å². The van der Waals surface area contributed by atoms with E-state index in [-0.39, 0.29) is 18.4 Å². The molecule has 4 aromatic rings. The molecule has 1 N–H and O–H groups in total. The molecule has 2 amide bonds. The number of benzene rings is 2. The second-order valence-electron chi connectivity index (χ2n) is 8.95. The predicted octanol–water partition coefficient (Wildman–Crippen LogP) is 5.30. The van der Waals surface area contributed by atoms with Crippen molar-refractivity contribution in [2.24, 2.45) is 0 Å². The minimum absolute atomic E-state index is 0.209. The summed E-state index contributed by atoms with van der Waals surface area (Å²) >= 11 is 7.56. The Labute approximate surface area is 213 Å². The van der Waals surface area contributed by atoms with Crippen molar-refractivity contribution in [2.45, 2.75) is 39.0 Å². The summed E-state index contributed by atoms with van der Waals surface area (Å²) in [6.45, 7) is 4.76. The van der Waals surface area contributed by atoms with Gasteiger partial charge in [-0.05, 0) is 60.2 Å². The quantitative estimate of drug-likeness (QED) is 0.387. The van der Waals surface area contributed by atoms with Crippen LogP contribution in [0.1, 0.15) is 34.1 Å². The molecule has 1 unspecified atom stereocenters. The van der Waals surface area contributed by atoms with E-state index in [1.807, 2.05) is 73.8 Å². The minimum atomic E-state index is -1.13. The van der Waals surface area contributed by atoms with Crippen LogP contribution < -0.4 is 5.32 Å². The molecule has 3 heterocycles. The number of nitrogens with zero attached hydrogens (tertiary/aromatic N) is 3. The van der Waals surface area contributed by atoms with Crippen LogP contribution in [0.5, 0.6) is 0 Å². The molecule has 5 rings (SSSR count). The van der Waals surface area contributed by atoms with Crippen LogP contribution in [0.25, 0.3) is 10.6 Å². The molecule has 35 heavy (non-hydrogen) atoms. The smallest absolute Gasteiger partial charge is 0.273 e. The van der Waals surface area contributed by atoms with E-state index in [0.717, 1.165) is 27.3 Å². The molecule has 0 saturated heterocycles. The van der Waals surface area contributed by atoms with E-state index in [4.69, 9.17) is 16.7 Å². The lowest BCUT2D eigenvalue weighted by atomic mass is 9.93. The summed E-state index contributed by atoms with van der Waals surface area (Å²) in [6.07, 6.45) is 0. The van der Waals surface area contributed by atoms with Crippen molar-refractivity contribution in [2.75, 3.05) is 0 Å². The van der Waals surface area contributed by atoms with Gasteiger partial charge in [0.2, 0.25) is 5.91 Å². The SMILES string of the molecule is Cc1ccccc1CN1C(=O)c2cc(-c3cccs3)nn2CC1(C)C(=O)NCc1ccc(Cl)cc1. The molecule has 2 aromatic carbocycles. The molecule has 1 aliphatic rings. The Hall–Kier alpha value is -3.42. The van der Waals surface area contributed by atoms with Gasteiger partial charge >= 0.3 is 0 Å². The first-order valence-electron chi connectivity index (χ1n) is 11.4. The van der Waals surface area contributed by atoms with Crippen molar-refractivity contribution in [3.63, 3.8) is 0 Å². The molecule has 0 saturated carbocycles. The number of carbonyl (C=O) groups is 2. The molecule has 0 bridgehead atoms. The van der Waals surface area contributed by atoms with E-state index < -0.39 is 5.54 Å². The first kappa shape index (κ1) is 23.3. The molecule has 6 nitrogen and oxygen atoms in total. The maximum atomic E-state index is 13.8. The lowest BCUT2D eigenvalue weighted by Gasteiger charge is -2.43. The molecule has 0 aliphatic carbocycles. The molecule has 0 fully saturated rings. The van der Waals surface area contributed by atoms with Gasteiger partial charge in [0.15, 0.2) is 0 Å². The minimum Gasteiger partial charge on any atom is -0.350 e. The molecular formula is C27H25ClN4O2S. The number of halogens is 1. The van der Waals surface area contributed by atoms with E-state index in [0.29, 0.717) is 23.8 Å². The lowest BCUT2D eigenvalue weighted by molar-refractivity contribution is -0.133. The van der Waals surface area contributed by atoms with Gasteiger partial charge in [-0.1, -0.05) is 54.1 Å². The van der Waals surface area contributed by atoms with Gasteiger partial charge in [0, 0.05) is 18.1 Å². The number of amides is 2. The topological polar surface area (TPSA) is 67.2 Å². The summed E-state index contributed by atoms with van der Waals surface area (Å²) < 4.78 is 1.67. The number of thiophene rings is 1. The van der Waals surface area contributed by atoms with Crippen LogP contribution in [0.3, 0.4) is 0 Å². The third kappa shape index (κ3) is 4.49. The van der Waals surface area contributed by atoms with Crippen LogP contribution in [-0.2, 0) is 24.4 Å². The normalized spacial score (nSPS) is 17.3. The van der Waals surface area contributed by atoms with Gasteiger partial charge in [0.1, 0.15) is 16.9 Å². The molecule has 178 valence electrons. The highest BCUT2D eigenvalue weighted by Crippen LogP contribution is 2.33. The first-order valence-corrected chi connectivity index (χ1v) is 12.6. The highest BCUT2D eigenvalue weighted by Gasteiger charge is 2.48. The summed E-state index contributed by atoms with van der Waals surface area (Å²) in [5.74, 6) is -0.438. The van der Waals surface area contributed by atoms with Crippen LogP contribution in [0.15, 0.2) is 72.1 Å². The molecule has 2 aromatic heterocycles. The van der Waals surface area contributed by atoms with Gasteiger partial charge in [-0.15, -0.1) is 11.3 Å².